The fourth-order valence-corrected chi connectivity index (χ4v) is 8.43. The topological polar surface area (TPSA) is 77.8 Å². The number of para-hydroxylation sites is 4. The van der Waals surface area contributed by atoms with E-state index in [1.54, 1.807) is 0 Å². The summed E-state index contributed by atoms with van der Waals surface area (Å²) >= 11 is 0. The highest BCUT2D eigenvalue weighted by Gasteiger charge is 2.22. The quantitative estimate of drug-likeness (QED) is 0.169. The molecule has 0 N–H and O–H groups in total. The Morgan fingerprint density at radius 2 is 0.786 bits per heavy atom. The van der Waals surface area contributed by atoms with Crippen LogP contribution in [0.2, 0.25) is 0 Å². The second-order valence-corrected chi connectivity index (χ2v) is 14.1. The molecule has 12 rings (SSSR count). The Bertz CT molecular complexity index is 3430. The number of pyridine rings is 1. The molecule has 0 atom stereocenters. The smallest absolute Gasteiger partial charge is 0.167 e. The van der Waals surface area contributed by atoms with E-state index in [0.29, 0.717) is 17.5 Å². The third-order valence-electron chi connectivity index (χ3n) is 11.0. The number of hydrogen-bond acceptors (Lipinski definition) is 6. The van der Waals surface area contributed by atoms with Crippen molar-refractivity contribution >= 4 is 76.2 Å². The molecular formula is C50H28N4O2. The lowest BCUT2D eigenvalue weighted by atomic mass is 9.93. The molecule has 6 heteroatoms. The third-order valence-corrected chi connectivity index (χ3v) is 11.0. The Labute approximate surface area is 319 Å². The van der Waals surface area contributed by atoms with Crippen LogP contribution in [0, 0.1) is 0 Å². The lowest BCUT2D eigenvalue weighted by Crippen LogP contribution is -2.02. The number of rotatable bonds is 4. The molecule has 0 amide bonds. The number of furan rings is 2. The van der Waals surface area contributed by atoms with Crippen molar-refractivity contribution in [2.75, 3.05) is 0 Å². The highest BCUT2D eigenvalue weighted by molar-refractivity contribution is 6.17. The maximum absolute atomic E-state index is 6.51. The first-order valence-electron chi connectivity index (χ1n) is 18.6. The fraction of sp³-hybridized carbons (Fsp3) is 0. The average molecular weight is 717 g/mol. The van der Waals surface area contributed by atoms with Gasteiger partial charge in [0.05, 0.1) is 16.8 Å². The monoisotopic (exact) mass is 716 g/mol. The van der Waals surface area contributed by atoms with Crippen LogP contribution in [0.4, 0.5) is 0 Å². The van der Waals surface area contributed by atoms with Gasteiger partial charge < -0.3 is 8.83 Å². The van der Waals surface area contributed by atoms with E-state index < -0.39 is 0 Å². The minimum absolute atomic E-state index is 0.497. The largest absolute Gasteiger partial charge is 0.455 e. The van der Waals surface area contributed by atoms with Crippen LogP contribution in [0.3, 0.4) is 0 Å². The number of fused-ring (bicyclic) bond motifs is 10. The number of aromatic nitrogens is 4. The van der Waals surface area contributed by atoms with Gasteiger partial charge in [-0.1, -0.05) is 140 Å². The maximum atomic E-state index is 6.51. The Kier molecular flexibility index (Phi) is 6.53. The van der Waals surface area contributed by atoms with E-state index in [-0.39, 0.29) is 0 Å². The maximum Gasteiger partial charge on any atom is 0.167 e. The van der Waals surface area contributed by atoms with Gasteiger partial charge >= 0.3 is 0 Å². The first-order chi connectivity index (χ1) is 27.8. The van der Waals surface area contributed by atoms with Crippen molar-refractivity contribution in [1.29, 1.82) is 0 Å². The number of hydrogen-bond donors (Lipinski definition) is 0. The van der Waals surface area contributed by atoms with Gasteiger partial charge in [0.25, 0.3) is 0 Å². The summed E-state index contributed by atoms with van der Waals surface area (Å²) in [4.78, 5) is 20.9. The molecule has 0 bridgehead atoms. The molecule has 8 aromatic carbocycles. The molecule has 0 fully saturated rings. The molecule has 56 heavy (non-hydrogen) atoms. The Morgan fingerprint density at radius 1 is 0.321 bits per heavy atom. The van der Waals surface area contributed by atoms with Crippen LogP contribution in [0.25, 0.3) is 122 Å². The lowest BCUT2D eigenvalue weighted by molar-refractivity contribution is 0.669. The molecule has 12 aromatic rings. The standard InChI is InChI=1S/C50H28N4O2/c1-2-14-31-29(12-1)26-27-30-13-9-21-38(44(30)31)45-35-18-4-3-15-32(35)41(28-51-45)50-53-48(39-22-10-19-36-33-16-5-7-24-42(33)55-46(36)39)52-49(54-50)40-23-11-20-37-34-17-6-8-25-43(34)56-47(37)40/h1-28H. The van der Waals surface area contributed by atoms with Gasteiger partial charge in [-0.2, -0.15) is 0 Å². The molecule has 4 heterocycles. The van der Waals surface area contributed by atoms with E-state index in [9.17, 15) is 0 Å². The van der Waals surface area contributed by atoms with E-state index in [4.69, 9.17) is 28.8 Å². The van der Waals surface area contributed by atoms with Gasteiger partial charge in [0.15, 0.2) is 17.5 Å². The Balaban J connectivity index is 1.13. The number of nitrogens with zero attached hydrogens (tertiary/aromatic N) is 4. The van der Waals surface area contributed by atoms with Crippen molar-refractivity contribution in [2.24, 2.45) is 0 Å². The molecule has 0 aliphatic rings. The van der Waals surface area contributed by atoms with E-state index in [1.165, 1.54) is 21.5 Å². The first-order valence-corrected chi connectivity index (χ1v) is 18.6. The molecule has 0 aliphatic carbocycles. The molecule has 4 aromatic heterocycles. The molecule has 260 valence electrons. The number of benzene rings is 8. The van der Waals surface area contributed by atoms with Gasteiger partial charge in [0.2, 0.25) is 0 Å². The second kappa shape index (κ2) is 11.9. The van der Waals surface area contributed by atoms with E-state index in [1.807, 2.05) is 66.9 Å². The summed E-state index contributed by atoms with van der Waals surface area (Å²) in [6, 6.07) is 56.2. The summed E-state index contributed by atoms with van der Waals surface area (Å²) < 4.78 is 13.0. The minimum atomic E-state index is 0.497. The zero-order valence-electron chi connectivity index (χ0n) is 29.8. The van der Waals surface area contributed by atoms with Gasteiger partial charge in [-0.05, 0) is 51.2 Å². The van der Waals surface area contributed by atoms with Crippen molar-refractivity contribution in [3.8, 4) is 45.4 Å². The van der Waals surface area contributed by atoms with Gasteiger partial charge in [-0.15, -0.1) is 0 Å². The van der Waals surface area contributed by atoms with Crippen LogP contribution >= 0.6 is 0 Å². The average Bonchev–Trinajstić information content (AvgIpc) is 3.84. The van der Waals surface area contributed by atoms with Gasteiger partial charge in [0, 0.05) is 44.3 Å². The predicted octanol–water partition coefficient (Wildman–Crippen LogP) is 13.2. The van der Waals surface area contributed by atoms with E-state index in [0.717, 1.165) is 82.6 Å². The second-order valence-electron chi connectivity index (χ2n) is 14.1. The molecular weight excluding hydrogens is 689 g/mol. The predicted molar refractivity (Wildman–Crippen MR) is 226 cm³/mol. The molecule has 0 saturated heterocycles. The van der Waals surface area contributed by atoms with Crippen molar-refractivity contribution in [1.82, 2.24) is 19.9 Å². The fourth-order valence-electron chi connectivity index (χ4n) is 8.43. The van der Waals surface area contributed by atoms with Crippen LogP contribution < -0.4 is 0 Å². The van der Waals surface area contributed by atoms with E-state index in [2.05, 4.69) is 103 Å². The van der Waals surface area contributed by atoms with Crippen LogP contribution in [0.1, 0.15) is 0 Å². The molecule has 0 radical (unpaired) electrons. The van der Waals surface area contributed by atoms with Gasteiger partial charge in [-0.25, -0.2) is 15.0 Å². The Hall–Kier alpha value is -7.70. The molecule has 6 nitrogen and oxygen atoms in total. The van der Waals surface area contributed by atoms with Crippen LogP contribution in [-0.4, -0.2) is 19.9 Å². The molecule has 0 unspecified atom stereocenters. The molecule has 0 saturated carbocycles. The molecule has 0 spiro atoms. The van der Waals surface area contributed by atoms with Crippen LogP contribution in [0.15, 0.2) is 179 Å². The summed E-state index contributed by atoms with van der Waals surface area (Å²) in [6.07, 6.45) is 1.91. The summed E-state index contributed by atoms with van der Waals surface area (Å²) in [7, 11) is 0. The Morgan fingerprint density at radius 3 is 1.45 bits per heavy atom. The van der Waals surface area contributed by atoms with Gasteiger partial charge in [0.1, 0.15) is 22.3 Å². The highest BCUT2D eigenvalue weighted by Crippen LogP contribution is 2.41. The van der Waals surface area contributed by atoms with Gasteiger partial charge in [-0.3, -0.25) is 4.98 Å². The van der Waals surface area contributed by atoms with E-state index >= 15 is 0 Å². The summed E-state index contributed by atoms with van der Waals surface area (Å²) in [5, 5.41) is 10.8. The van der Waals surface area contributed by atoms with Crippen LogP contribution in [-0.2, 0) is 0 Å². The minimum Gasteiger partial charge on any atom is -0.455 e. The summed E-state index contributed by atoms with van der Waals surface area (Å²) in [5.41, 5.74) is 7.39. The normalized spacial score (nSPS) is 11.9. The third kappa shape index (κ3) is 4.56. The summed E-state index contributed by atoms with van der Waals surface area (Å²) in [6.45, 7) is 0. The summed E-state index contributed by atoms with van der Waals surface area (Å²) in [5.74, 6) is 1.50. The van der Waals surface area contributed by atoms with Crippen molar-refractivity contribution < 1.29 is 8.83 Å². The zero-order chi connectivity index (χ0) is 36.7. The zero-order valence-corrected chi connectivity index (χ0v) is 29.8. The first kappa shape index (κ1) is 30.7. The highest BCUT2D eigenvalue weighted by atomic mass is 16.3. The molecule has 0 aliphatic heterocycles. The SMILES string of the molecule is c1ccc2c(c1)ccc1cccc(-c3ncc(-c4nc(-c5cccc6c5oc5ccccc56)nc(-c5cccc6c5oc5ccccc56)n4)c4ccccc34)c12. The van der Waals surface area contributed by atoms with Crippen molar-refractivity contribution in [2.45, 2.75) is 0 Å². The lowest BCUT2D eigenvalue weighted by Gasteiger charge is -2.14. The van der Waals surface area contributed by atoms with Crippen LogP contribution in [0.5, 0.6) is 0 Å². The van der Waals surface area contributed by atoms with Crippen molar-refractivity contribution in [3.63, 3.8) is 0 Å². The van der Waals surface area contributed by atoms with Crippen molar-refractivity contribution in [3.05, 3.63) is 170 Å².